The van der Waals surface area contributed by atoms with E-state index in [0.29, 0.717) is 5.11 Å². The summed E-state index contributed by atoms with van der Waals surface area (Å²) in [5.41, 5.74) is 2.50. The number of nitrogens with zero attached hydrogens (tertiary/aromatic N) is 3. The highest BCUT2D eigenvalue weighted by atomic mass is 32.1. The van der Waals surface area contributed by atoms with Crippen LogP contribution in [0.5, 0.6) is 0 Å². The van der Waals surface area contributed by atoms with Crippen molar-refractivity contribution in [1.29, 1.82) is 0 Å². The van der Waals surface area contributed by atoms with Gasteiger partial charge < -0.3 is 15.5 Å². The average molecular weight is 331 g/mol. The number of anilines is 1. The van der Waals surface area contributed by atoms with Crippen molar-refractivity contribution in [3.05, 3.63) is 47.7 Å². The summed E-state index contributed by atoms with van der Waals surface area (Å²) in [7, 11) is 4.13. The van der Waals surface area contributed by atoms with Crippen LogP contribution in [0.3, 0.4) is 0 Å². The molecule has 124 valence electrons. The van der Waals surface area contributed by atoms with Gasteiger partial charge in [-0.25, -0.2) is 0 Å². The molecule has 1 aromatic carbocycles. The quantitative estimate of drug-likeness (QED) is 0.603. The second kappa shape index (κ2) is 8.64. The maximum absolute atomic E-state index is 5.29. The van der Waals surface area contributed by atoms with Gasteiger partial charge in [0.1, 0.15) is 0 Å². The highest BCUT2D eigenvalue weighted by Gasteiger charge is 2.02. The summed E-state index contributed by atoms with van der Waals surface area (Å²) in [6.45, 7) is 4.75. The summed E-state index contributed by atoms with van der Waals surface area (Å²) in [4.78, 5) is 2.16. The van der Waals surface area contributed by atoms with Gasteiger partial charge in [-0.2, -0.15) is 5.10 Å². The van der Waals surface area contributed by atoms with Gasteiger partial charge in [-0.1, -0.05) is 29.8 Å². The van der Waals surface area contributed by atoms with Gasteiger partial charge >= 0.3 is 0 Å². The molecule has 0 bridgehead atoms. The number of aryl methyl sites for hydroxylation is 1. The fourth-order valence-electron chi connectivity index (χ4n) is 2.27. The third-order valence-corrected chi connectivity index (χ3v) is 3.62. The second-order valence-electron chi connectivity index (χ2n) is 5.93. The topological polar surface area (TPSA) is 45.1 Å². The summed E-state index contributed by atoms with van der Waals surface area (Å²) in [5, 5.41) is 11.4. The van der Waals surface area contributed by atoms with Gasteiger partial charge in [-0.15, -0.1) is 0 Å². The predicted octanol–water partition coefficient (Wildman–Crippen LogP) is 2.48. The lowest BCUT2D eigenvalue weighted by Gasteiger charge is -2.11. The zero-order valence-electron chi connectivity index (χ0n) is 14.0. The first-order valence-corrected chi connectivity index (χ1v) is 8.22. The molecule has 0 unspecified atom stereocenters. The Morgan fingerprint density at radius 1 is 1.30 bits per heavy atom. The molecule has 0 saturated heterocycles. The van der Waals surface area contributed by atoms with Crippen LogP contribution in [0, 0.1) is 6.92 Å². The Morgan fingerprint density at radius 3 is 2.87 bits per heavy atom. The molecule has 1 heterocycles. The molecule has 0 radical (unpaired) electrons. The molecule has 1 aromatic heterocycles. The fourth-order valence-corrected chi connectivity index (χ4v) is 2.48. The van der Waals surface area contributed by atoms with Crippen LogP contribution in [-0.2, 0) is 6.54 Å². The van der Waals surface area contributed by atoms with Crippen molar-refractivity contribution >= 4 is 23.1 Å². The third kappa shape index (κ3) is 6.38. The van der Waals surface area contributed by atoms with Gasteiger partial charge in [0, 0.05) is 18.8 Å². The lowest BCUT2D eigenvalue weighted by molar-refractivity contribution is 0.400. The van der Waals surface area contributed by atoms with E-state index in [-0.39, 0.29) is 0 Å². The van der Waals surface area contributed by atoms with E-state index in [0.717, 1.165) is 31.9 Å². The van der Waals surface area contributed by atoms with Crippen LogP contribution in [0.4, 0.5) is 5.82 Å². The highest BCUT2D eigenvalue weighted by Crippen LogP contribution is 2.08. The number of hydrogen-bond donors (Lipinski definition) is 2. The van der Waals surface area contributed by atoms with Gasteiger partial charge in [0.05, 0.1) is 6.54 Å². The first-order chi connectivity index (χ1) is 11.0. The molecule has 0 aliphatic carbocycles. The van der Waals surface area contributed by atoms with Crippen molar-refractivity contribution in [2.45, 2.75) is 19.9 Å². The lowest BCUT2D eigenvalue weighted by atomic mass is 10.1. The van der Waals surface area contributed by atoms with Gasteiger partial charge in [-0.05, 0) is 51.8 Å². The summed E-state index contributed by atoms with van der Waals surface area (Å²) < 4.78 is 1.91. The first kappa shape index (κ1) is 17.4. The van der Waals surface area contributed by atoms with E-state index in [1.165, 1.54) is 11.1 Å². The van der Waals surface area contributed by atoms with E-state index in [4.69, 9.17) is 12.2 Å². The van der Waals surface area contributed by atoms with E-state index in [1.54, 1.807) is 0 Å². The van der Waals surface area contributed by atoms with Crippen molar-refractivity contribution in [3.8, 4) is 0 Å². The molecule has 0 atom stereocenters. The minimum absolute atomic E-state index is 0.615. The van der Waals surface area contributed by atoms with Crippen LogP contribution < -0.4 is 10.6 Å². The van der Waals surface area contributed by atoms with Crippen molar-refractivity contribution in [1.82, 2.24) is 20.0 Å². The van der Waals surface area contributed by atoms with Crippen LogP contribution in [0.25, 0.3) is 0 Å². The van der Waals surface area contributed by atoms with E-state index in [1.807, 2.05) is 16.9 Å². The summed E-state index contributed by atoms with van der Waals surface area (Å²) in [5.74, 6) is 0.766. The van der Waals surface area contributed by atoms with Crippen LogP contribution in [0.2, 0.25) is 0 Å². The number of nitrogens with one attached hydrogen (secondary N) is 2. The number of hydrogen-bond acceptors (Lipinski definition) is 3. The maximum atomic E-state index is 5.29. The van der Waals surface area contributed by atoms with Gasteiger partial charge in [0.25, 0.3) is 0 Å². The van der Waals surface area contributed by atoms with E-state index in [2.05, 4.69) is 65.9 Å². The van der Waals surface area contributed by atoms with E-state index >= 15 is 0 Å². The SMILES string of the molecule is Cc1cccc(Cn2ccc(NC(=S)NCCCN(C)C)n2)c1. The molecule has 2 aromatic rings. The largest absolute Gasteiger partial charge is 0.362 e. The van der Waals surface area contributed by atoms with Crippen molar-refractivity contribution < 1.29 is 0 Å². The summed E-state index contributed by atoms with van der Waals surface area (Å²) >= 11 is 5.29. The molecule has 2 rings (SSSR count). The van der Waals surface area contributed by atoms with Crippen LogP contribution in [-0.4, -0.2) is 47.0 Å². The zero-order valence-corrected chi connectivity index (χ0v) is 14.9. The first-order valence-electron chi connectivity index (χ1n) is 7.81. The molecule has 23 heavy (non-hydrogen) atoms. The smallest absolute Gasteiger partial charge is 0.171 e. The van der Waals surface area contributed by atoms with Crippen LogP contribution in [0.1, 0.15) is 17.5 Å². The molecule has 6 heteroatoms. The molecule has 0 spiro atoms. The molecule has 5 nitrogen and oxygen atoms in total. The molecule has 0 saturated carbocycles. The number of thiocarbonyl (C=S) groups is 1. The number of rotatable bonds is 7. The molecular formula is C17H25N5S. The molecule has 2 N–H and O–H groups in total. The Labute approximate surface area is 143 Å². The Morgan fingerprint density at radius 2 is 2.13 bits per heavy atom. The van der Waals surface area contributed by atoms with E-state index in [9.17, 15) is 0 Å². The molecule has 0 amide bonds. The Hall–Kier alpha value is -1.92. The summed E-state index contributed by atoms with van der Waals surface area (Å²) in [6, 6.07) is 10.4. The van der Waals surface area contributed by atoms with Crippen LogP contribution in [0.15, 0.2) is 36.5 Å². The lowest BCUT2D eigenvalue weighted by Crippen LogP contribution is -2.31. The average Bonchev–Trinajstić information content (AvgIpc) is 2.90. The standard InChI is InChI=1S/C17H25N5S/c1-14-6-4-7-15(12-14)13-22-11-8-16(20-22)19-17(23)18-9-5-10-21(2)3/h4,6-8,11-12H,5,9-10,13H2,1-3H3,(H2,18,19,20,23). The van der Waals surface area contributed by atoms with Crippen molar-refractivity contribution in [2.24, 2.45) is 0 Å². The van der Waals surface area contributed by atoms with Crippen LogP contribution >= 0.6 is 12.2 Å². The normalized spacial score (nSPS) is 10.8. The Kier molecular flexibility index (Phi) is 6.55. The predicted molar refractivity (Wildman–Crippen MR) is 99.9 cm³/mol. The molecule has 0 aliphatic heterocycles. The number of benzene rings is 1. The zero-order chi connectivity index (χ0) is 16.7. The van der Waals surface area contributed by atoms with Gasteiger partial charge in [0.2, 0.25) is 0 Å². The fraction of sp³-hybridized carbons (Fsp3) is 0.412. The minimum atomic E-state index is 0.615. The third-order valence-electron chi connectivity index (χ3n) is 3.38. The van der Waals surface area contributed by atoms with Gasteiger partial charge in [-0.3, -0.25) is 4.68 Å². The van der Waals surface area contributed by atoms with E-state index < -0.39 is 0 Å². The Bertz CT molecular complexity index is 635. The summed E-state index contributed by atoms with van der Waals surface area (Å²) in [6.07, 6.45) is 3.01. The maximum Gasteiger partial charge on any atom is 0.171 e. The van der Waals surface area contributed by atoms with Gasteiger partial charge in [0.15, 0.2) is 10.9 Å². The molecular weight excluding hydrogens is 306 g/mol. The van der Waals surface area contributed by atoms with Crippen molar-refractivity contribution in [2.75, 3.05) is 32.5 Å². The monoisotopic (exact) mass is 331 g/mol. The number of aromatic nitrogens is 2. The Balaban J connectivity index is 1.79. The highest BCUT2D eigenvalue weighted by molar-refractivity contribution is 7.80. The molecule has 0 aliphatic rings. The van der Waals surface area contributed by atoms with Crippen molar-refractivity contribution in [3.63, 3.8) is 0 Å². The molecule has 0 fully saturated rings. The minimum Gasteiger partial charge on any atom is -0.362 e. The second-order valence-corrected chi connectivity index (χ2v) is 6.33.